The van der Waals surface area contributed by atoms with Gasteiger partial charge in [0.1, 0.15) is 11.6 Å². The van der Waals surface area contributed by atoms with Gasteiger partial charge in [-0.2, -0.15) is 0 Å². The molecule has 6 rings (SSSR count). The third-order valence-electron chi connectivity index (χ3n) is 6.67. The zero-order valence-electron chi connectivity index (χ0n) is 19.9. The number of benzene rings is 3. The minimum atomic E-state index is -0.0523. The van der Waals surface area contributed by atoms with Gasteiger partial charge in [-0.25, -0.2) is 4.98 Å². The van der Waals surface area contributed by atoms with Crippen LogP contribution in [0.4, 0.5) is 23.0 Å². The molecule has 0 radical (unpaired) electrons. The molecule has 1 aliphatic rings. The van der Waals surface area contributed by atoms with Crippen LogP contribution in [-0.4, -0.2) is 35.7 Å². The van der Waals surface area contributed by atoms with Gasteiger partial charge in [0.15, 0.2) is 5.43 Å². The molecule has 3 heterocycles. The fourth-order valence-corrected chi connectivity index (χ4v) is 4.83. The van der Waals surface area contributed by atoms with Crippen LogP contribution in [0.25, 0.3) is 16.6 Å². The van der Waals surface area contributed by atoms with Crippen molar-refractivity contribution in [3.05, 3.63) is 120 Å². The van der Waals surface area contributed by atoms with E-state index >= 15 is 0 Å². The van der Waals surface area contributed by atoms with Crippen molar-refractivity contribution in [2.45, 2.75) is 0 Å². The van der Waals surface area contributed by atoms with Crippen molar-refractivity contribution < 1.29 is 0 Å². The van der Waals surface area contributed by atoms with E-state index in [9.17, 15) is 4.79 Å². The summed E-state index contributed by atoms with van der Waals surface area (Å²) >= 11 is 0. The Kier molecular flexibility index (Phi) is 5.83. The number of rotatable bonds is 5. The van der Waals surface area contributed by atoms with Crippen LogP contribution in [0.2, 0.25) is 0 Å². The summed E-state index contributed by atoms with van der Waals surface area (Å²) in [7, 11) is 0. The molecule has 1 fully saturated rings. The molecular weight excluding hydrogens is 446 g/mol. The molecular formula is C30H27N5O. The Hall–Kier alpha value is -4.58. The Morgan fingerprint density at radius 3 is 1.92 bits per heavy atom. The SMILES string of the molecule is O=c1cc(Nc2ccccc2)n(-c2ccccc2)c2cc(N3CCN(c4ccccc4)CC3)ncc12. The van der Waals surface area contributed by atoms with Crippen LogP contribution in [0.5, 0.6) is 0 Å². The monoisotopic (exact) mass is 473 g/mol. The predicted octanol–water partition coefficient (Wildman–Crippen LogP) is 5.46. The average molecular weight is 474 g/mol. The molecule has 3 aromatic carbocycles. The van der Waals surface area contributed by atoms with Crippen molar-refractivity contribution in [2.75, 3.05) is 41.3 Å². The first-order valence-electron chi connectivity index (χ1n) is 12.2. The van der Waals surface area contributed by atoms with E-state index in [1.54, 1.807) is 12.3 Å². The van der Waals surface area contributed by atoms with E-state index in [0.29, 0.717) is 5.39 Å². The second-order valence-corrected chi connectivity index (χ2v) is 8.93. The Morgan fingerprint density at radius 2 is 1.25 bits per heavy atom. The zero-order valence-corrected chi connectivity index (χ0v) is 19.9. The summed E-state index contributed by atoms with van der Waals surface area (Å²) in [5.74, 6) is 1.60. The highest BCUT2D eigenvalue weighted by Crippen LogP contribution is 2.28. The number of para-hydroxylation sites is 3. The molecule has 36 heavy (non-hydrogen) atoms. The lowest BCUT2D eigenvalue weighted by atomic mass is 10.2. The third kappa shape index (κ3) is 4.29. The van der Waals surface area contributed by atoms with Crippen molar-refractivity contribution in [3.63, 3.8) is 0 Å². The van der Waals surface area contributed by atoms with Crippen molar-refractivity contribution in [1.82, 2.24) is 9.55 Å². The third-order valence-corrected chi connectivity index (χ3v) is 6.67. The number of pyridine rings is 2. The summed E-state index contributed by atoms with van der Waals surface area (Å²) in [6, 6.07) is 34.3. The van der Waals surface area contributed by atoms with Gasteiger partial charge in [0.25, 0.3) is 0 Å². The van der Waals surface area contributed by atoms with Gasteiger partial charge in [-0.05, 0) is 36.4 Å². The molecule has 6 nitrogen and oxygen atoms in total. The van der Waals surface area contributed by atoms with E-state index in [2.05, 4.69) is 62.1 Å². The number of anilines is 4. The van der Waals surface area contributed by atoms with Crippen LogP contribution in [0.3, 0.4) is 0 Å². The Morgan fingerprint density at radius 1 is 0.667 bits per heavy atom. The fraction of sp³-hybridized carbons (Fsp3) is 0.133. The number of aromatic nitrogens is 2. The summed E-state index contributed by atoms with van der Waals surface area (Å²) in [6.45, 7) is 3.57. The molecule has 2 aromatic heterocycles. The molecule has 0 aliphatic carbocycles. The van der Waals surface area contributed by atoms with Gasteiger partial charge in [0.2, 0.25) is 0 Å². The molecule has 1 aliphatic heterocycles. The van der Waals surface area contributed by atoms with Crippen molar-refractivity contribution in [2.24, 2.45) is 0 Å². The molecule has 0 unspecified atom stereocenters. The zero-order chi connectivity index (χ0) is 24.3. The maximum Gasteiger partial charge on any atom is 0.193 e. The molecule has 0 saturated carbocycles. The highest BCUT2D eigenvalue weighted by atomic mass is 16.1. The lowest BCUT2D eigenvalue weighted by Gasteiger charge is -2.36. The molecule has 5 aromatic rings. The average Bonchev–Trinajstić information content (AvgIpc) is 2.94. The molecule has 0 atom stereocenters. The van der Waals surface area contributed by atoms with E-state index in [1.165, 1.54) is 5.69 Å². The summed E-state index contributed by atoms with van der Waals surface area (Å²) in [5.41, 5.74) is 3.93. The smallest absolute Gasteiger partial charge is 0.193 e. The second-order valence-electron chi connectivity index (χ2n) is 8.93. The number of hydrogen-bond acceptors (Lipinski definition) is 5. The minimum Gasteiger partial charge on any atom is -0.368 e. The van der Waals surface area contributed by atoms with E-state index in [1.807, 2.05) is 54.6 Å². The van der Waals surface area contributed by atoms with Gasteiger partial charge in [-0.15, -0.1) is 0 Å². The van der Waals surface area contributed by atoms with Crippen molar-refractivity contribution in [1.29, 1.82) is 0 Å². The van der Waals surface area contributed by atoms with Gasteiger partial charge in [-0.1, -0.05) is 54.6 Å². The lowest BCUT2D eigenvalue weighted by Crippen LogP contribution is -2.46. The molecule has 0 bridgehead atoms. The molecule has 178 valence electrons. The van der Waals surface area contributed by atoms with E-state index in [-0.39, 0.29) is 5.43 Å². The quantitative estimate of drug-likeness (QED) is 0.368. The normalized spacial score (nSPS) is 13.7. The summed E-state index contributed by atoms with van der Waals surface area (Å²) in [4.78, 5) is 22.6. The molecule has 1 N–H and O–H groups in total. The topological polar surface area (TPSA) is 53.4 Å². The van der Waals surface area contributed by atoms with Gasteiger partial charge in [0.05, 0.1) is 10.9 Å². The number of nitrogens with one attached hydrogen (secondary N) is 1. The van der Waals surface area contributed by atoms with Gasteiger partial charge < -0.3 is 15.1 Å². The number of piperazine rings is 1. The lowest BCUT2D eigenvalue weighted by molar-refractivity contribution is 0.648. The number of nitrogens with zero attached hydrogens (tertiary/aromatic N) is 4. The Balaban J connectivity index is 1.40. The van der Waals surface area contributed by atoms with Crippen molar-refractivity contribution >= 4 is 33.9 Å². The van der Waals surface area contributed by atoms with Crippen molar-refractivity contribution in [3.8, 4) is 5.69 Å². The highest BCUT2D eigenvalue weighted by Gasteiger charge is 2.20. The summed E-state index contributed by atoms with van der Waals surface area (Å²) in [5, 5.41) is 4.05. The van der Waals surface area contributed by atoms with Gasteiger partial charge in [0, 0.05) is 61.6 Å². The van der Waals surface area contributed by atoms with E-state index in [0.717, 1.165) is 54.7 Å². The van der Waals surface area contributed by atoms with Crippen LogP contribution in [0.1, 0.15) is 0 Å². The standard InChI is InChI=1S/C30H27N5O/c36-28-21-30(32-23-10-4-1-5-11-23)35(25-14-8-3-9-15-25)27-20-29(31-22-26(27)28)34-18-16-33(17-19-34)24-12-6-2-7-13-24/h1-15,20-22,32H,16-19H2. The van der Waals surface area contributed by atoms with E-state index in [4.69, 9.17) is 4.98 Å². The van der Waals surface area contributed by atoms with Crippen LogP contribution >= 0.6 is 0 Å². The Labute approximate surface area is 210 Å². The molecule has 0 amide bonds. The largest absolute Gasteiger partial charge is 0.368 e. The molecule has 0 spiro atoms. The highest BCUT2D eigenvalue weighted by molar-refractivity contribution is 5.85. The first kappa shape index (κ1) is 21.9. The van der Waals surface area contributed by atoms with Gasteiger partial charge >= 0.3 is 0 Å². The fourth-order valence-electron chi connectivity index (χ4n) is 4.83. The Bertz CT molecular complexity index is 1530. The summed E-state index contributed by atoms with van der Waals surface area (Å²) in [6.07, 6.45) is 1.72. The minimum absolute atomic E-state index is 0.0523. The van der Waals surface area contributed by atoms with E-state index < -0.39 is 0 Å². The first-order valence-corrected chi connectivity index (χ1v) is 12.2. The van der Waals surface area contributed by atoms with Crippen LogP contribution in [0.15, 0.2) is 114 Å². The molecule has 6 heteroatoms. The first-order chi connectivity index (χ1) is 17.8. The second kappa shape index (κ2) is 9.58. The van der Waals surface area contributed by atoms with Crippen LogP contribution in [0, 0.1) is 0 Å². The maximum atomic E-state index is 13.1. The summed E-state index contributed by atoms with van der Waals surface area (Å²) < 4.78 is 2.11. The number of hydrogen-bond donors (Lipinski definition) is 1. The van der Waals surface area contributed by atoms with Gasteiger partial charge in [-0.3, -0.25) is 9.36 Å². The predicted molar refractivity (Wildman–Crippen MR) is 148 cm³/mol. The maximum absolute atomic E-state index is 13.1. The van der Waals surface area contributed by atoms with Crippen LogP contribution in [-0.2, 0) is 0 Å². The number of fused-ring (bicyclic) bond motifs is 1. The van der Waals surface area contributed by atoms with Crippen LogP contribution < -0.4 is 20.5 Å². The molecule has 1 saturated heterocycles.